The van der Waals surface area contributed by atoms with Gasteiger partial charge in [-0.3, -0.25) is 9.36 Å². The van der Waals surface area contributed by atoms with Crippen molar-refractivity contribution in [3.63, 3.8) is 0 Å². The van der Waals surface area contributed by atoms with E-state index in [4.69, 9.17) is 4.74 Å². The Morgan fingerprint density at radius 2 is 2.10 bits per heavy atom. The highest BCUT2D eigenvalue weighted by Crippen LogP contribution is 2.29. The van der Waals surface area contributed by atoms with E-state index >= 15 is 0 Å². The second-order valence-electron chi connectivity index (χ2n) is 7.58. The number of rotatable bonds is 9. The van der Waals surface area contributed by atoms with Gasteiger partial charge >= 0.3 is 0 Å². The van der Waals surface area contributed by atoms with E-state index in [0.29, 0.717) is 23.5 Å². The van der Waals surface area contributed by atoms with Crippen molar-refractivity contribution in [2.45, 2.75) is 38.4 Å². The zero-order chi connectivity index (χ0) is 20.9. The fourth-order valence-electron chi connectivity index (χ4n) is 2.85. The van der Waals surface area contributed by atoms with Crippen molar-refractivity contribution in [2.24, 2.45) is 5.92 Å². The molecule has 8 heteroatoms. The zero-order valence-electron chi connectivity index (χ0n) is 17.2. The maximum absolute atomic E-state index is 12.3. The van der Waals surface area contributed by atoms with E-state index in [1.54, 1.807) is 12.5 Å². The molecule has 156 valence electrons. The molecule has 1 aliphatic rings. The van der Waals surface area contributed by atoms with E-state index in [1.165, 1.54) is 35.7 Å². The minimum atomic E-state index is -0.0660. The molecule has 4 rings (SSSR count). The summed E-state index contributed by atoms with van der Waals surface area (Å²) in [5.41, 5.74) is 4.36. The van der Waals surface area contributed by atoms with E-state index in [2.05, 4.69) is 46.5 Å². The average molecular weight is 424 g/mol. The van der Waals surface area contributed by atoms with Crippen LogP contribution in [0.2, 0.25) is 0 Å². The van der Waals surface area contributed by atoms with Gasteiger partial charge in [-0.2, -0.15) is 0 Å². The van der Waals surface area contributed by atoms with Crippen LogP contribution in [0.1, 0.15) is 29.5 Å². The third-order valence-corrected chi connectivity index (χ3v) is 6.01. The first-order chi connectivity index (χ1) is 14.6. The molecule has 1 N–H and O–H groups in total. The van der Waals surface area contributed by atoms with Crippen LogP contribution < -0.4 is 10.1 Å². The number of thioether (sulfide) groups is 1. The molecular formula is C22H25N5O2S. The van der Waals surface area contributed by atoms with Gasteiger partial charge in [-0.25, -0.2) is 4.98 Å². The van der Waals surface area contributed by atoms with Crippen LogP contribution in [0.3, 0.4) is 0 Å². The van der Waals surface area contributed by atoms with Crippen LogP contribution in [0, 0.1) is 19.8 Å². The van der Waals surface area contributed by atoms with Crippen molar-refractivity contribution in [3.05, 3.63) is 59.5 Å². The highest BCUT2D eigenvalue weighted by molar-refractivity contribution is 7.99. The summed E-state index contributed by atoms with van der Waals surface area (Å²) < 4.78 is 7.53. The zero-order valence-corrected chi connectivity index (χ0v) is 18.0. The van der Waals surface area contributed by atoms with E-state index in [1.807, 2.05) is 22.8 Å². The Balaban J connectivity index is 1.26. The largest absolute Gasteiger partial charge is 0.477 e. The van der Waals surface area contributed by atoms with Crippen LogP contribution in [0.4, 0.5) is 0 Å². The second kappa shape index (κ2) is 9.30. The van der Waals surface area contributed by atoms with Gasteiger partial charge in [-0.15, -0.1) is 10.2 Å². The molecule has 1 aromatic carbocycles. The number of amides is 1. The molecule has 30 heavy (non-hydrogen) atoms. The van der Waals surface area contributed by atoms with E-state index in [0.717, 1.165) is 17.9 Å². The van der Waals surface area contributed by atoms with Crippen LogP contribution in [0.5, 0.6) is 5.88 Å². The van der Waals surface area contributed by atoms with Crippen LogP contribution in [-0.4, -0.2) is 38.0 Å². The molecule has 1 saturated carbocycles. The molecule has 0 aliphatic heterocycles. The smallest absolute Gasteiger partial charge is 0.230 e. The second-order valence-corrected chi connectivity index (χ2v) is 8.52. The van der Waals surface area contributed by atoms with E-state index in [9.17, 15) is 4.79 Å². The summed E-state index contributed by atoms with van der Waals surface area (Å²) in [7, 11) is 0. The molecule has 3 aromatic rings. The Morgan fingerprint density at radius 3 is 2.83 bits per heavy atom. The van der Waals surface area contributed by atoms with Crippen LogP contribution in [0.25, 0.3) is 5.69 Å². The number of hydrogen-bond acceptors (Lipinski definition) is 6. The summed E-state index contributed by atoms with van der Waals surface area (Å²) in [4.78, 5) is 16.6. The molecule has 1 aliphatic carbocycles. The van der Waals surface area contributed by atoms with Gasteiger partial charge in [0.25, 0.3) is 0 Å². The number of carbonyl (C=O) groups is 1. The summed E-state index contributed by atoms with van der Waals surface area (Å²) in [6.45, 7) is 5.33. The summed E-state index contributed by atoms with van der Waals surface area (Å²) in [6, 6.07) is 9.97. The molecule has 0 radical (unpaired) electrons. The van der Waals surface area contributed by atoms with E-state index in [-0.39, 0.29) is 11.7 Å². The fourth-order valence-corrected chi connectivity index (χ4v) is 3.60. The SMILES string of the molecule is Cc1ccc(-n2cnnc2SCC(=O)NCc2ccc(OCC3CC3)nc2)cc1C. The van der Waals surface area contributed by atoms with Gasteiger partial charge < -0.3 is 10.1 Å². The number of hydrogen-bond donors (Lipinski definition) is 1. The third kappa shape index (κ3) is 5.38. The maximum Gasteiger partial charge on any atom is 0.230 e. The Kier molecular flexibility index (Phi) is 6.32. The Labute approximate surface area is 180 Å². The van der Waals surface area contributed by atoms with Gasteiger partial charge in [0.2, 0.25) is 11.8 Å². The number of nitrogens with zero attached hydrogens (tertiary/aromatic N) is 4. The van der Waals surface area contributed by atoms with Crippen LogP contribution >= 0.6 is 11.8 Å². The monoisotopic (exact) mass is 423 g/mol. The molecule has 0 unspecified atom stereocenters. The van der Waals surface area contributed by atoms with Crippen molar-refractivity contribution >= 4 is 17.7 Å². The molecule has 1 amide bonds. The predicted molar refractivity (Wildman–Crippen MR) is 116 cm³/mol. The quantitative estimate of drug-likeness (QED) is 0.531. The van der Waals surface area contributed by atoms with Gasteiger partial charge in [0.1, 0.15) is 6.33 Å². The van der Waals surface area contributed by atoms with Crippen molar-refractivity contribution in [2.75, 3.05) is 12.4 Å². The first-order valence-corrected chi connectivity index (χ1v) is 11.0. The standard InChI is InChI=1S/C22H25N5O2S/c1-15-3-7-19(9-16(15)2)27-14-25-26-22(27)30-13-20(28)23-10-18-6-8-21(24-11-18)29-12-17-4-5-17/h3,6-9,11,14,17H,4-5,10,12-13H2,1-2H3,(H,23,28). The van der Waals surface area contributed by atoms with Crippen LogP contribution in [0.15, 0.2) is 48.0 Å². The number of nitrogens with one attached hydrogen (secondary N) is 1. The predicted octanol–water partition coefficient (Wildman–Crippen LogP) is 3.48. The molecule has 1 fully saturated rings. The first kappa shape index (κ1) is 20.4. The van der Waals surface area contributed by atoms with Gasteiger partial charge in [-0.1, -0.05) is 23.9 Å². The number of aryl methyl sites for hydroxylation is 2. The minimum Gasteiger partial charge on any atom is -0.477 e. The highest BCUT2D eigenvalue weighted by Gasteiger charge is 2.22. The average Bonchev–Trinajstić information content (AvgIpc) is 3.47. The van der Waals surface area contributed by atoms with Gasteiger partial charge in [0, 0.05) is 24.5 Å². The molecule has 0 spiro atoms. The summed E-state index contributed by atoms with van der Waals surface area (Å²) in [5.74, 6) is 1.53. The lowest BCUT2D eigenvalue weighted by molar-refractivity contribution is -0.118. The van der Waals surface area contributed by atoms with Crippen LogP contribution in [-0.2, 0) is 11.3 Å². The molecule has 7 nitrogen and oxygen atoms in total. The van der Waals surface area contributed by atoms with Gasteiger partial charge in [-0.05, 0) is 61.4 Å². The summed E-state index contributed by atoms with van der Waals surface area (Å²) in [5, 5.41) is 11.8. The van der Waals surface area contributed by atoms with E-state index < -0.39 is 0 Å². The van der Waals surface area contributed by atoms with Gasteiger partial charge in [0.05, 0.1) is 12.4 Å². The Hall–Kier alpha value is -2.87. The summed E-state index contributed by atoms with van der Waals surface area (Å²) in [6.07, 6.45) is 5.92. The first-order valence-electron chi connectivity index (χ1n) is 10.0. The Morgan fingerprint density at radius 1 is 1.23 bits per heavy atom. The number of benzene rings is 1. The molecule has 0 saturated heterocycles. The number of pyridine rings is 1. The minimum absolute atomic E-state index is 0.0660. The van der Waals surface area contributed by atoms with Crippen molar-refractivity contribution in [1.82, 2.24) is 25.1 Å². The van der Waals surface area contributed by atoms with Crippen molar-refractivity contribution in [3.8, 4) is 11.6 Å². The normalized spacial score (nSPS) is 13.3. The van der Waals surface area contributed by atoms with Gasteiger partial charge in [0.15, 0.2) is 5.16 Å². The van der Waals surface area contributed by atoms with Crippen molar-refractivity contribution < 1.29 is 9.53 Å². The highest BCUT2D eigenvalue weighted by atomic mass is 32.2. The lowest BCUT2D eigenvalue weighted by Gasteiger charge is -2.09. The lowest BCUT2D eigenvalue weighted by atomic mass is 10.1. The molecule has 2 heterocycles. The molecule has 0 atom stereocenters. The number of carbonyl (C=O) groups excluding carboxylic acids is 1. The number of ether oxygens (including phenoxy) is 1. The molecule has 0 bridgehead atoms. The third-order valence-electron chi connectivity index (χ3n) is 5.07. The summed E-state index contributed by atoms with van der Waals surface area (Å²) >= 11 is 1.36. The molecule has 2 aromatic heterocycles. The topological polar surface area (TPSA) is 81.9 Å². The molecular weight excluding hydrogens is 398 g/mol. The fraction of sp³-hybridized carbons (Fsp3) is 0.364. The maximum atomic E-state index is 12.3. The Bertz CT molecular complexity index is 1010. The number of aromatic nitrogens is 4. The van der Waals surface area contributed by atoms with Crippen molar-refractivity contribution in [1.29, 1.82) is 0 Å². The lowest BCUT2D eigenvalue weighted by Crippen LogP contribution is -2.24.